The molecule has 0 unspecified atom stereocenters. The Morgan fingerprint density at radius 3 is 2.54 bits per heavy atom. The average molecular weight is 388 g/mol. The molecule has 0 bridgehead atoms. The van der Waals surface area contributed by atoms with Crippen molar-refractivity contribution in [2.45, 2.75) is 13.5 Å². The third-order valence-corrected chi connectivity index (χ3v) is 4.35. The lowest BCUT2D eigenvalue weighted by molar-refractivity contribution is 0.102. The highest BCUT2D eigenvalue weighted by Crippen LogP contribution is 2.26. The summed E-state index contributed by atoms with van der Waals surface area (Å²) in [5.41, 5.74) is 1.20. The van der Waals surface area contributed by atoms with Crippen LogP contribution in [-0.4, -0.2) is 21.5 Å². The summed E-state index contributed by atoms with van der Waals surface area (Å²) in [7, 11) is 0. The van der Waals surface area contributed by atoms with E-state index in [0.717, 1.165) is 0 Å². The quantitative estimate of drug-likeness (QED) is 0.645. The predicted octanol–water partition coefficient (Wildman–Crippen LogP) is 4.69. The van der Waals surface area contributed by atoms with Gasteiger partial charge in [-0.25, -0.2) is 0 Å². The molecule has 0 atom stereocenters. The Labute approximate surface area is 160 Å². The second-order valence-corrected chi connectivity index (χ2v) is 6.35. The summed E-state index contributed by atoms with van der Waals surface area (Å²) in [6.45, 7) is 2.58. The van der Waals surface area contributed by atoms with Crippen LogP contribution in [-0.2, 0) is 6.54 Å². The van der Waals surface area contributed by atoms with Crippen LogP contribution in [0.25, 0.3) is 0 Å². The molecule has 1 heterocycles. The molecule has 0 aliphatic rings. The van der Waals surface area contributed by atoms with Crippen LogP contribution in [0, 0.1) is 0 Å². The fraction of sp³-hybridized carbons (Fsp3) is 0.105. The van der Waals surface area contributed by atoms with E-state index in [1.807, 2.05) is 6.92 Å². The van der Waals surface area contributed by atoms with Crippen molar-refractivity contribution in [3.8, 4) is 0 Å². The molecule has 0 fully saturated rings. The van der Waals surface area contributed by atoms with E-state index in [0.29, 0.717) is 27.8 Å². The number of aromatic nitrogens is 2. The minimum absolute atomic E-state index is 0.258. The molecule has 0 aliphatic heterocycles. The number of halogens is 2. The van der Waals surface area contributed by atoms with Crippen LogP contribution in [0.5, 0.6) is 0 Å². The fourth-order valence-corrected chi connectivity index (χ4v) is 2.84. The van der Waals surface area contributed by atoms with Gasteiger partial charge in [0.1, 0.15) is 0 Å². The topological polar surface area (TPSA) is 64.0 Å². The van der Waals surface area contributed by atoms with Gasteiger partial charge in [-0.3, -0.25) is 14.3 Å². The third kappa shape index (κ3) is 3.79. The normalized spacial score (nSPS) is 10.6. The first-order chi connectivity index (χ1) is 12.5. The Morgan fingerprint density at radius 1 is 1.08 bits per heavy atom. The Kier molecular flexibility index (Phi) is 5.40. The molecule has 1 amide bonds. The maximum absolute atomic E-state index is 12.9. The fourth-order valence-electron chi connectivity index (χ4n) is 2.45. The maximum atomic E-state index is 12.9. The summed E-state index contributed by atoms with van der Waals surface area (Å²) in [5, 5.41) is 7.60. The predicted molar refractivity (Wildman–Crippen MR) is 102 cm³/mol. The molecule has 1 N–H and O–H groups in total. The van der Waals surface area contributed by atoms with Crippen LogP contribution in [0.15, 0.2) is 54.7 Å². The lowest BCUT2D eigenvalue weighted by atomic mass is 10.0. The van der Waals surface area contributed by atoms with Gasteiger partial charge in [-0.1, -0.05) is 35.3 Å². The molecular formula is C19H15Cl2N3O2. The molecule has 0 saturated carbocycles. The van der Waals surface area contributed by atoms with Crippen LogP contribution in [0.2, 0.25) is 10.0 Å². The average Bonchev–Trinajstić information content (AvgIpc) is 3.12. The van der Waals surface area contributed by atoms with Gasteiger partial charge < -0.3 is 5.32 Å². The number of amides is 1. The molecule has 3 rings (SSSR count). The van der Waals surface area contributed by atoms with E-state index in [4.69, 9.17) is 23.2 Å². The molecule has 0 spiro atoms. The van der Waals surface area contributed by atoms with E-state index < -0.39 is 5.91 Å². The number of benzene rings is 2. The lowest BCUT2D eigenvalue weighted by Crippen LogP contribution is -2.16. The van der Waals surface area contributed by atoms with E-state index in [9.17, 15) is 9.59 Å². The highest BCUT2D eigenvalue weighted by Gasteiger charge is 2.19. The van der Waals surface area contributed by atoms with Gasteiger partial charge in [0.05, 0.1) is 10.7 Å². The summed E-state index contributed by atoms with van der Waals surface area (Å²) < 4.78 is 1.65. The number of rotatable bonds is 5. The van der Waals surface area contributed by atoms with Gasteiger partial charge in [0.15, 0.2) is 11.5 Å². The lowest BCUT2D eigenvalue weighted by Gasteiger charge is -2.11. The van der Waals surface area contributed by atoms with E-state index in [1.54, 1.807) is 53.3 Å². The van der Waals surface area contributed by atoms with E-state index in [2.05, 4.69) is 10.4 Å². The number of anilines is 1. The van der Waals surface area contributed by atoms with Gasteiger partial charge in [-0.2, -0.15) is 5.10 Å². The van der Waals surface area contributed by atoms with Crippen molar-refractivity contribution in [2.75, 3.05) is 5.32 Å². The van der Waals surface area contributed by atoms with Crippen molar-refractivity contribution < 1.29 is 9.59 Å². The zero-order valence-corrected chi connectivity index (χ0v) is 15.4. The molecule has 3 aromatic rings. The minimum Gasteiger partial charge on any atom is -0.320 e. The Morgan fingerprint density at radius 2 is 1.85 bits per heavy atom. The molecular weight excluding hydrogens is 373 g/mol. The Hall–Kier alpha value is -2.63. The molecule has 0 saturated heterocycles. The van der Waals surface area contributed by atoms with E-state index >= 15 is 0 Å². The largest absolute Gasteiger partial charge is 0.320 e. The second-order valence-electron chi connectivity index (χ2n) is 5.51. The first-order valence-electron chi connectivity index (χ1n) is 7.93. The van der Waals surface area contributed by atoms with Gasteiger partial charge in [-0.15, -0.1) is 0 Å². The summed E-state index contributed by atoms with van der Waals surface area (Å²) in [5.74, 6) is -0.736. The van der Waals surface area contributed by atoms with Crippen molar-refractivity contribution in [1.29, 1.82) is 0 Å². The number of nitrogens with one attached hydrogen (secondary N) is 1. The zero-order valence-electron chi connectivity index (χ0n) is 13.9. The highest BCUT2D eigenvalue weighted by atomic mass is 35.5. The first-order valence-corrected chi connectivity index (χ1v) is 8.68. The van der Waals surface area contributed by atoms with Crippen molar-refractivity contribution >= 4 is 40.6 Å². The number of nitrogens with zero attached hydrogens (tertiary/aromatic N) is 2. The smallest absolute Gasteiger partial charge is 0.276 e. The number of carbonyl (C=O) groups excluding carboxylic acids is 2. The van der Waals surface area contributed by atoms with Crippen molar-refractivity contribution in [1.82, 2.24) is 9.78 Å². The number of carbonyl (C=O) groups is 2. The van der Waals surface area contributed by atoms with Gasteiger partial charge >= 0.3 is 0 Å². The van der Waals surface area contributed by atoms with Crippen molar-refractivity contribution in [3.05, 3.63) is 81.6 Å². The number of hydrogen-bond acceptors (Lipinski definition) is 3. The van der Waals surface area contributed by atoms with Gasteiger partial charge in [0, 0.05) is 28.9 Å². The molecule has 132 valence electrons. The summed E-state index contributed by atoms with van der Waals surface area (Å²) in [4.78, 5) is 25.3. The van der Waals surface area contributed by atoms with Gasteiger partial charge in [-0.05, 0) is 43.3 Å². The highest BCUT2D eigenvalue weighted by molar-refractivity contribution is 6.36. The molecule has 1 aromatic heterocycles. The molecule has 0 radical (unpaired) electrons. The van der Waals surface area contributed by atoms with Crippen molar-refractivity contribution in [2.24, 2.45) is 0 Å². The summed E-state index contributed by atoms with van der Waals surface area (Å²) in [6, 6.07) is 13.0. The Balaban J connectivity index is 1.94. The zero-order chi connectivity index (χ0) is 18.7. The molecule has 5 nitrogen and oxygen atoms in total. The summed E-state index contributed by atoms with van der Waals surface area (Å²) in [6.07, 6.45) is 1.71. The Bertz CT molecular complexity index is 982. The molecule has 26 heavy (non-hydrogen) atoms. The number of aryl methyl sites for hydroxylation is 1. The third-order valence-electron chi connectivity index (χ3n) is 3.79. The van der Waals surface area contributed by atoms with E-state index in [1.165, 1.54) is 6.07 Å². The van der Waals surface area contributed by atoms with Crippen molar-refractivity contribution in [3.63, 3.8) is 0 Å². The SMILES string of the molecule is CCn1ccc(C(=O)Nc2ccc(Cl)cc2C(=O)c2ccccc2Cl)n1. The van der Waals surface area contributed by atoms with Crippen LogP contribution < -0.4 is 5.32 Å². The van der Waals surface area contributed by atoms with Crippen LogP contribution in [0.4, 0.5) is 5.69 Å². The van der Waals surface area contributed by atoms with Gasteiger partial charge in [0.2, 0.25) is 0 Å². The molecule has 2 aromatic carbocycles. The molecule has 7 heteroatoms. The van der Waals surface area contributed by atoms with Crippen LogP contribution in [0.1, 0.15) is 33.3 Å². The summed E-state index contributed by atoms with van der Waals surface area (Å²) >= 11 is 12.2. The van der Waals surface area contributed by atoms with E-state index in [-0.39, 0.29) is 17.0 Å². The number of ketones is 1. The monoisotopic (exact) mass is 387 g/mol. The number of hydrogen-bond donors (Lipinski definition) is 1. The minimum atomic E-state index is -0.410. The first kappa shape index (κ1) is 18.2. The standard InChI is InChI=1S/C19H15Cl2N3O2/c1-2-24-10-9-17(23-24)19(26)22-16-8-7-12(20)11-14(16)18(25)13-5-3-4-6-15(13)21/h3-11H,2H2,1H3,(H,22,26). The van der Waals surface area contributed by atoms with Gasteiger partial charge in [0.25, 0.3) is 5.91 Å². The maximum Gasteiger partial charge on any atom is 0.276 e. The van der Waals surface area contributed by atoms with Crippen LogP contribution in [0.3, 0.4) is 0 Å². The molecule has 0 aliphatic carbocycles. The van der Waals surface area contributed by atoms with Crippen LogP contribution >= 0.6 is 23.2 Å². The second kappa shape index (κ2) is 7.72.